The smallest absolute Gasteiger partial charge is 0.302 e. The number of carbonyl (C=O) groups is 2. The summed E-state index contributed by atoms with van der Waals surface area (Å²) < 4.78 is 5.13. The fourth-order valence-corrected chi connectivity index (χ4v) is 3.66. The van der Waals surface area contributed by atoms with Gasteiger partial charge in [0.15, 0.2) is 0 Å². The Kier molecular flexibility index (Phi) is 5.63. The quantitative estimate of drug-likeness (QED) is 0.355. The Morgan fingerprint density at radius 2 is 1.71 bits per heavy atom. The van der Waals surface area contributed by atoms with Crippen molar-refractivity contribution in [3.63, 3.8) is 0 Å². The SMILES string of the molecule is COc1ccc(C(O)=C2C(=O)C(=O)N(c3ncccn3)C2c2ccc(Cl)c(Cl)c2)cc1. The standard InChI is InChI=1S/C22H15Cl2N3O4/c1-31-14-6-3-12(4-7-14)19(28)17-18(13-5-8-15(23)16(24)11-13)27(21(30)20(17)29)22-25-9-2-10-26-22/h2-11,18,28H,1H3. The van der Waals surface area contributed by atoms with Crippen molar-refractivity contribution in [3.8, 4) is 5.75 Å². The molecule has 4 rings (SSSR count). The van der Waals surface area contributed by atoms with Gasteiger partial charge in [0.2, 0.25) is 5.95 Å². The number of rotatable bonds is 4. The summed E-state index contributed by atoms with van der Waals surface area (Å²) in [5.41, 5.74) is 0.704. The van der Waals surface area contributed by atoms with Crippen molar-refractivity contribution >= 4 is 46.6 Å². The topological polar surface area (TPSA) is 92.6 Å². The number of ketones is 1. The van der Waals surface area contributed by atoms with Crippen molar-refractivity contribution in [1.82, 2.24) is 9.97 Å². The number of anilines is 1. The minimum absolute atomic E-state index is 0.0226. The number of Topliss-reactive ketones (excluding diaryl/α,β-unsaturated/α-hetero) is 1. The predicted octanol–water partition coefficient (Wildman–Crippen LogP) is 4.42. The number of carbonyl (C=O) groups excluding carboxylic acids is 2. The summed E-state index contributed by atoms with van der Waals surface area (Å²) in [5.74, 6) is -1.46. The lowest BCUT2D eigenvalue weighted by Gasteiger charge is -2.23. The van der Waals surface area contributed by atoms with E-state index in [0.717, 1.165) is 4.90 Å². The normalized spacial score (nSPS) is 17.8. The van der Waals surface area contributed by atoms with Gasteiger partial charge in [0.25, 0.3) is 5.78 Å². The van der Waals surface area contributed by atoms with Crippen LogP contribution in [-0.4, -0.2) is 33.9 Å². The Bertz CT molecular complexity index is 1200. The number of methoxy groups -OCH3 is 1. The van der Waals surface area contributed by atoms with Crippen molar-refractivity contribution in [2.75, 3.05) is 12.0 Å². The minimum atomic E-state index is -1.00. The summed E-state index contributed by atoms with van der Waals surface area (Å²) in [5, 5.41) is 11.6. The number of ether oxygens (including phenoxy) is 1. The molecule has 3 aromatic rings. The molecule has 1 atom stereocenters. The average Bonchev–Trinajstić information content (AvgIpc) is 3.06. The van der Waals surface area contributed by atoms with E-state index in [1.54, 1.807) is 42.5 Å². The van der Waals surface area contributed by atoms with Crippen LogP contribution >= 0.6 is 23.2 Å². The summed E-state index contributed by atoms with van der Waals surface area (Å²) in [7, 11) is 1.52. The van der Waals surface area contributed by atoms with Crippen LogP contribution in [0.2, 0.25) is 10.0 Å². The van der Waals surface area contributed by atoms with E-state index in [-0.39, 0.29) is 22.3 Å². The van der Waals surface area contributed by atoms with Crippen LogP contribution in [0.3, 0.4) is 0 Å². The maximum atomic E-state index is 13.0. The molecule has 1 unspecified atom stereocenters. The second-order valence-corrected chi connectivity index (χ2v) is 7.43. The summed E-state index contributed by atoms with van der Waals surface area (Å²) in [6.45, 7) is 0. The van der Waals surface area contributed by atoms with Gasteiger partial charge in [-0.15, -0.1) is 0 Å². The highest BCUT2D eigenvalue weighted by Gasteiger charge is 2.48. The highest BCUT2D eigenvalue weighted by atomic mass is 35.5. The van der Waals surface area contributed by atoms with Crippen LogP contribution in [0.25, 0.3) is 5.76 Å². The van der Waals surface area contributed by atoms with Gasteiger partial charge in [0, 0.05) is 18.0 Å². The third-order valence-electron chi connectivity index (χ3n) is 4.83. The number of aliphatic hydroxyl groups excluding tert-OH is 1. The number of hydrogen-bond acceptors (Lipinski definition) is 6. The number of aliphatic hydroxyl groups is 1. The zero-order valence-corrected chi connectivity index (χ0v) is 17.6. The third-order valence-corrected chi connectivity index (χ3v) is 5.57. The monoisotopic (exact) mass is 455 g/mol. The average molecular weight is 456 g/mol. The first-order valence-electron chi connectivity index (χ1n) is 9.09. The number of nitrogens with zero attached hydrogens (tertiary/aromatic N) is 3. The highest BCUT2D eigenvalue weighted by Crippen LogP contribution is 2.42. The lowest BCUT2D eigenvalue weighted by atomic mass is 9.95. The fourth-order valence-electron chi connectivity index (χ4n) is 3.36. The summed E-state index contributed by atoms with van der Waals surface area (Å²) >= 11 is 12.2. The number of benzene rings is 2. The molecule has 9 heteroatoms. The summed E-state index contributed by atoms with van der Waals surface area (Å²) in [6.07, 6.45) is 2.91. The fraction of sp³-hybridized carbons (Fsp3) is 0.0909. The van der Waals surface area contributed by atoms with Crippen LogP contribution in [0.4, 0.5) is 5.95 Å². The van der Waals surface area contributed by atoms with Gasteiger partial charge in [-0.3, -0.25) is 14.5 Å². The zero-order chi connectivity index (χ0) is 22.1. The molecular formula is C22H15Cl2N3O4. The van der Waals surface area contributed by atoms with E-state index < -0.39 is 17.7 Å². The second kappa shape index (κ2) is 8.37. The van der Waals surface area contributed by atoms with Crippen LogP contribution in [0.1, 0.15) is 17.2 Å². The van der Waals surface area contributed by atoms with E-state index in [4.69, 9.17) is 27.9 Å². The van der Waals surface area contributed by atoms with Crippen LogP contribution in [0, 0.1) is 0 Å². The zero-order valence-electron chi connectivity index (χ0n) is 16.1. The van der Waals surface area contributed by atoms with Gasteiger partial charge < -0.3 is 9.84 Å². The Morgan fingerprint density at radius 1 is 1.03 bits per heavy atom. The largest absolute Gasteiger partial charge is 0.507 e. The first-order chi connectivity index (χ1) is 14.9. The second-order valence-electron chi connectivity index (χ2n) is 6.62. The van der Waals surface area contributed by atoms with Gasteiger partial charge in [0.1, 0.15) is 11.5 Å². The Hall–Kier alpha value is -3.42. The maximum absolute atomic E-state index is 13.0. The molecule has 1 amide bonds. The first-order valence-corrected chi connectivity index (χ1v) is 9.85. The van der Waals surface area contributed by atoms with Crippen molar-refractivity contribution in [2.45, 2.75) is 6.04 Å². The lowest BCUT2D eigenvalue weighted by molar-refractivity contribution is -0.132. The molecule has 1 aliphatic heterocycles. The molecule has 0 aliphatic carbocycles. The van der Waals surface area contributed by atoms with Gasteiger partial charge in [-0.05, 0) is 48.0 Å². The van der Waals surface area contributed by atoms with Gasteiger partial charge in [-0.25, -0.2) is 9.97 Å². The number of hydrogen-bond donors (Lipinski definition) is 1. The van der Waals surface area contributed by atoms with E-state index in [2.05, 4.69) is 9.97 Å². The number of amides is 1. The van der Waals surface area contributed by atoms with Crippen LogP contribution in [0.15, 0.2) is 66.5 Å². The molecule has 31 heavy (non-hydrogen) atoms. The molecule has 2 heterocycles. The molecule has 0 radical (unpaired) electrons. The van der Waals surface area contributed by atoms with Crippen LogP contribution in [-0.2, 0) is 9.59 Å². The predicted molar refractivity (Wildman–Crippen MR) is 116 cm³/mol. The molecule has 0 bridgehead atoms. The highest BCUT2D eigenvalue weighted by molar-refractivity contribution is 6.51. The number of aromatic nitrogens is 2. The van der Waals surface area contributed by atoms with E-state index in [9.17, 15) is 14.7 Å². The van der Waals surface area contributed by atoms with Crippen molar-refractivity contribution < 1.29 is 19.4 Å². The number of halogens is 2. The van der Waals surface area contributed by atoms with Crippen LogP contribution in [0.5, 0.6) is 5.75 Å². The molecule has 1 saturated heterocycles. The van der Waals surface area contributed by atoms with E-state index >= 15 is 0 Å². The third kappa shape index (κ3) is 3.73. The molecule has 2 aromatic carbocycles. The van der Waals surface area contributed by atoms with Crippen molar-refractivity contribution in [3.05, 3.63) is 87.7 Å². The molecule has 1 aromatic heterocycles. The summed E-state index contributed by atoms with van der Waals surface area (Å²) in [6, 6.07) is 11.8. The molecule has 1 aliphatic rings. The van der Waals surface area contributed by atoms with Crippen molar-refractivity contribution in [2.24, 2.45) is 0 Å². The maximum Gasteiger partial charge on any atom is 0.302 e. The molecule has 0 spiro atoms. The molecule has 0 saturated carbocycles. The molecule has 1 N–H and O–H groups in total. The van der Waals surface area contributed by atoms with E-state index in [1.807, 2.05) is 0 Å². The van der Waals surface area contributed by atoms with Gasteiger partial charge in [-0.2, -0.15) is 0 Å². The Balaban J connectivity index is 1.94. The molecule has 7 nitrogen and oxygen atoms in total. The molecular weight excluding hydrogens is 441 g/mol. The Labute approximate surface area is 187 Å². The minimum Gasteiger partial charge on any atom is -0.507 e. The van der Waals surface area contributed by atoms with Crippen molar-refractivity contribution in [1.29, 1.82) is 0 Å². The summed E-state index contributed by atoms with van der Waals surface area (Å²) in [4.78, 5) is 35.3. The molecule has 156 valence electrons. The van der Waals surface area contributed by atoms with Crippen LogP contribution < -0.4 is 9.64 Å². The molecule has 1 fully saturated rings. The van der Waals surface area contributed by atoms with E-state index in [1.165, 1.54) is 25.6 Å². The Morgan fingerprint density at radius 3 is 2.32 bits per heavy atom. The van der Waals surface area contributed by atoms with Gasteiger partial charge in [-0.1, -0.05) is 29.3 Å². The van der Waals surface area contributed by atoms with Gasteiger partial charge >= 0.3 is 5.91 Å². The lowest BCUT2D eigenvalue weighted by Crippen LogP contribution is -2.31. The van der Waals surface area contributed by atoms with Gasteiger partial charge in [0.05, 0.1) is 28.8 Å². The first kappa shape index (κ1) is 20.8. The van der Waals surface area contributed by atoms with E-state index in [0.29, 0.717) is 21.9 Å².